The number of nitrogen functional groups attached to an aromatic ring is 1. The molecule has 0 fully saturated rings. The average molecular weight is 271 g/mol. The summed E-state index contributed by atoms with van der Waals surface area (Å²) in [7, 11) is -3.82. The van der Waals surface area contributed by atoms with E-state index < -0.39 is 10.0 Å². The van der Waals surface area contributed by atoms with E-state index in [0.717, 1.165) is 11.3 Å². The van der Waals surface area contributed by atoms with Gasteiger partial charge in [0.25, 0.3) is 10.0 Å². The van der Waals surface area contributed by atoms with Gasteiger partial charge in [0.2, 0.25) is 4.80 Å². The molecule has 17 heavy (non-hydrogen) atoms. The highest BCUT2D eigenvalue weighted by molar-refractivity contribution is 7.90. The second kappa shape index (κ2) is 4.22. The molecule has 0 aliphatic heterocycles. The van der Waals surface area contributed by atoms with Crippen molar-refractivity contribution in [3.8, 4) is 0 Å². The number of thiazole rings is 1. The predicted octanol–water partition coefficient (Wildman–Crippen LogP) is 0.659. The number of nitrogens with two attached hydrogens (primary N) is 1. The fourth-order valence-corrected chi connectivity index (χ4v) is 2.93. The lowest BCUT2D eigenvalue weighted by molar-refractivity contribution is 0.178. The second-order valence-electron chi connectivity index (χ2n) is 3.17. The van der Waals surface area contributed by atoms with E-state index in [1.165, 1.54) is 35.8 Å². The summed E-state index contributed by atoms with van der Waals surface area (Å²) in [6.45, 7) is 0. The SMILES string of the molecule is Nc1ccc(S(=O)(=O)/N=c2\sccn2O)cc1. The summed E-state index contributed by atoms with van der Waals surface area (Å²) in [5.41, 5.74) is 5.93. The first-order valence-electron chi connectivity index (χ1n) is 4.51. The first-order valence-corrected chi connectivity index (χ1v) is 6.83. The molecule has 8 heteroatoms. The lowest BCUT2D eigenvalue weighted by Crippen LogP contribution is -2.13. The van der Waals surface area contributed by atoms with Gasteiger partial charge in [0, 0.05) is 11.1 Å². The quantitative estimate of drug-likeness (QED) is 0.619. The van der Waals surface area contributed by atoms with Gasteiger partial charge in [0.05, 0.1) is 11.1 Å². The van der Waals surface area contributed by atoms with E-state index in [4.69, 9.17) is 5.73 Å². The van der Waals surface area contributed by atoms with E-state index in [0.29, 0.717) is 10.4 Å². The largest absolute Gasteiger partial charge is 0.426 e. The molecule has 0 saturated heterocycles. The van der Waals surface area contributed by atoms with Crippen LogP contribution in [0.3, 0.4) is 0 Å². The Balaban J connectivity index is 2.52. The number of nitrogens with zero attached hydrogens (tertiary/aromatic N) is 2. The van der Waals surface area contributed by atoms with Crippen LogP contribution in [-0.4, -0.2) is 18.4 Å². The maximum Gasteiger partial charge on any atom is 0.285 e. The van der Waals surface area contributed by atoms with Crippen LogP contribution in [0.15, 0.2) is 45.1 Å². The van der Waals surface area contributed by atoms with E-state index in [1.54, 1.807) is 0 Å². The molecule has 1 aromatic carbocycles. The standard InChI is InChI=1S/C9H9N3O3S2/c10-7-1-3-8(4-2-7)17(14,15)11-9-12(13)5-6-16-9/h1-6,13H,10H2/b11-9-. The van der Waals surface area contributed by atoms with Crippen molar-refractivity contribution >= 4 is 27.0 Å². The van der Waals surface area contributed by atoms with E-state index in [1.807, 2.05) is 0 Å². The lowest BCUT2D eigenvalue weighted by Gasteiger charge is -1.98. The number of rotatable bonds is 2. The maximum atomic E-state index is 11.8. The smallest absolute Gasteiger partial charge is 0.285 e. The van der Waals surface area contributed by atoms with Crippen molar-refractivity contribution in [1.29, 1.82) is 0 Å². The van der Waals surface area contributed by atoms with Crippen LogP contribution in [0.5, 0.6) is 0 Å². The Bertz CT molecular complexity index is 683. The van der Waals surface area contributed by atoms with E-state index in [-0.39, 0.29) is 9.70 Å². The molecule has 0 unspecified atom stereocenters. The lowest BCUT2D eigenvalue weighted by atomic mass is 10.3. The van der Waals surface area contributed by atoms with Crippen molar-refractivity contribution in [3.63, 3.8) is 0 Å². The van der Waals surface area contributed by atoms with E-state index in [9.17, 15) is 13.6 Å². The molecule has 0 aliphatic rings. The highest BCUT2D eigenvalue weighted by Crippen LogP contribution is 2.13. The van der Waals surface area contributed by atoms with E-state index in [2.05, 4.69) is 4.40 Å². The minimum atomic E-state index is -3.82. The Morgan fingerprint density at radius 2 is 1.94 bits per heavy atom. The average Bonchev–Trinajstić information content (AvgIpc) is 2.64. The van der Waals surface area contributed by atoms with Crippen LogP contribution in [0, 0.1) is 0 Å². The number of hydrogen-bond acceptors (Lipinski definition) is 5. The molecule has 0 amide bonds. The van der Waals surface area contributed by atoms with Gasteiger partial charge >= 0.3 is 0 Å². The Kier molecular flexibility index (Phi) is 2.90. The van der Waals surface area contributed by atoms with Gasteiger partial charge < -0.3 is 10.9 Å². The monoisotopic (exact) mass is 271 g/mol. The molecular formula is C9H9N3O3S2. The number of hydrogen-bond donors (Lipinski definition) is 2. The van der Waals surface area contributed by atoms with Crippen LogP contribution < -0.4 is 10.5 Å². The van der Waals surface area contributed by atoms with Crippen molar-refractivity contribution in [3.05, 3.63) is 40.6 Å². The molecule has 0 atom stereocenters. The molecule has 1 aromatic heterocycles. The van der Waals surface area contributed by atoms with Crippen LogP contribution in [0.1, 0.15) is 0 Å². The predicted molar refractivity (Wildman–Crippen MR) is 63.1 cm³/mol. The Hall–Kier alpha value is -1.80. The zero-order valence-corrected chi connectivity index (χ0v) is 10.1. The van der Waals surface area contributed by atoms with Crippen LogP contribution in [0.25, 0.3) is 0 Å². The zero-order chi connectivity index (χ0) is 12.5. The number of benzene rings is 1. The first-order chi connectivity index (χ1) is 7.99. The van der Waals surface area contributed by atoms with Crippen molar-refractivity contribution in [2.75, 3.05) is 5.73 Å². The molecular weight excluding hydrogens is 262 g/mol. The maximum absolute atomic E-state index is 11.8. The molecule has 0 radical (unpaired) electrons. The molecule has 6 nitrogen and oxygen atoms in total. The molecule has 2 aromatic rings. The Morgan fingerprint density at radius 3 is 2.47 bits per heavy atom. The molecule has 0 bridgehead atoms. The third-order valence-corrected chi connectivity index (χ3v) is 4.09. The number of aromatic nitrogens is 1. The minimum absolute atomic E-state index is 0.0122. The Labute approximate surface area is 101 Å². The zero-order valence-electron chi connectivity index (χ0n) is 8.52. The summed E-state index contributed by atoms with van der Waals surface area (Å²) in [4.78, 5) is 0.0157. The molecule has 0 aliphatic carbocycles. The van der Waals surface area contributed by atoms with Crippen molar-refractivity contribution in [2.45, 2.75) is 4.90 Å². The Morgan fingerprint density at radius 1 is 1.29 bits per heavy atom. The van der Waals surface area contributed by atoms with Gasteiger partial charge in [-0.1, -0.05) is 0 Å². The number of sulfonamides is 1. The van der Waals surface area contributed by atoms with Gasteiger partial charge in [-0.25, -0.2) is 0 Å². The molecule has 1 heterocycles. The summed E-state index contributed by atoms with van der Waals surface area (Å²) in [5, 5.41) is 10.8. The molecule has 90 valence electrons. The fourth-order valence-electron chi connectivity index (χ4n) is 1.13. The van der Waals surface area contributed by atoms with Crippen molar-refractivity contribution in [2.24, 2.45) is 4.40 Å². The highest BCUT2D eigenvalue weighted by atomic mass is 32.2. The van der Waals surface area contributed by atoms with Crippen molar-refractivity contribution < 1.29 is 13.6 Å². The van der Waals surface area contributed by atoms with Gasteiger partial charge in [-0.05, 0) is 24.3 Å². The third kappa shape index (κ3) is 2.48. The van der Waals surface area contributed by atoms with E-state index >= 15 is 0 Å². The number of anilines is 1. The third-order valence-electron chi connectivity index (χ3n) is 1.95. The van der Waals surface area contributed by atoms with Crippen LogP contribution in [0.2, 0.25) is 0 Å². The van der Waals surface area contributed by atoms with Crippen LogP contribution >= 0.6 is 11.3 Å². The van der Waals surface area contributed by atoms with Gasteiger partial charge in [-0.3, -0.25) is 0 Å². The van der Waals surface area contributed by atoms with Gasteiger partial charge in [0.15, 0.2) is 0 Å². The normalized spacial score (nSPS) is 12.8. The molecule has 0 saturated carbocycles. The topological polar surface area (TPSA) is 97.7 Å². The molecule has 2 rings (SSSR count). The first kappa shape index (κ1) is 11.7. The fraction of sp³-hybridized carbons (Fsp3) is 0. The van der Waals surface area contributed by atoms with Crippen molar-refractivity contribution in [1.82, 2.24) is 4.73 Å². The summed E-state index contributed by atoms with van der Waals surface area (Å²) >= 11 is 1.02. The summed E-state index contributed by atoms with van der Waals surface area (Å²) in [6.07, 6.45) is 1.31. The summed E-state index contributed by atoms with van der Waals surface area (Å²) < 4.78 is 27.8. The van der Waals surface area contributed by atoms with Gasteiger partial charge in [0.1, 0.15) is 0 Å². The minimum Gasteiger partial charge on any atom is -0.426 e. The summed E-state index contributed by atoms with van der Waals surface area (Å²) in [6, 6.07) is 5.68. The molecule has 3 N–H and O–H groups in total. The highest BCUT2D eigenvalue weighted by Gasteiger charge is 2.12. The van der Waals surface area contributed by atoms with Crippen LogP contribution in [-0.2, 0) is 10.0 Å². The second-order valence-corrected chi connectivity index (χ2v) is 5.64. The van der Waals surface area contributed by atoms with Gasteiger partial charge in [-0.15, -0.1) is 15.7 Å². The summed E-state index contributed by atoms with van der Waals surface area (Å²) in [5.74, 6) is 0. The van der Waals surface area contributed by atoms with Crippen LogP contribution in [0.4, 0.5) is 5.69 Å². The molecule has 0 spiro atoms. The van der Waals surface area contributed by atoms with Gasteiger partial charge in [-0.2, -0.15) is 13.1 Å².